The number of likely N-dealkylation sites (tertiary alicyclic amines) is 1. The van der Waals surface area contributed by atoms with Gasteiger partial charge in [0.2, 0.25) is 0 Å². The predicted octanol–water partition coefficient (Wildman–Crippen LogP) is 2.29. The molecule has 0 bridgehead atoms. The highest BCUT2D eigenvalue weighted by molar-refractivity contribution is 5.95. The van der Waals surface area contributed by atoms with Crippen molar-refractivity contribution in [2.24, 2.45) is 11.8 Å². The zero-order chi connectivity index (χ0) is 17.0. The summed E-state index contributed by atoms with van der Waals surface area (Å²) in [6.07, 6.45) is 3.97. The number of hydrogen-bond donors (Lipinski definition) is 1. The summed E-state index contributed by atoms with van der Waals surface area (Å²) in [5, 5.41) is 3.21. The Kier molecular flexibility index (Phi) is 3.18. The number of imidazole rings is 1. The van der Waals surface area contributed by atoms with E-state index in [0.29, 0.717) is 23.4 Å². The van der Waals surface area contributed by atoms with Crippen LogP contribution >= 0.6 is 0 Å². The van der Waals surface area contributed by atoms with E-state index >= 15 is 0 Å². The maximum Gasteiger partial charge on any atom is 0.251 e. The van der Waals surface area contributed by atoms with Gasteiger partial charge in [0.1, 0.15) is 5.65 Å². The van der Waals surface area contributed by atoms with E-state index in [9.17, 15) is 4.79 Å². The number of fused-ring (bicyclic) bond motifs is 2. The molecule has 3 aromatic rings. The van der Waals surface area contributed by atoms with Crippen molar-refractivity contribution >= 4 is 11.6 Å². The Balaban J connectivity index is 1.36. The summed E-state index contributed by atoms with van der Waals surface area (Å²) in [5.41, 5.74) is 3.45. The molecule has 1 aliphatic carbocycles. The third-order valence-electron chi connectivity index (χ3n) is 5.46. The van der Waals surface area contributed by atoms with Crippen molar-refractivity contribution in [2.45, 2.75) is 6.04 Å². The molecule has 1 aromatic carbocycles. The van der Waals surface area contributed by atoms with E-state index in [1.807, 2.05) is 59.3 Å². The number of nitrogens with one attached hydrogen (secondary N) is 1. The Morgan fingerprint density at radius 2 is 2.00 bits per heavy atom. The van der Waals surface area contributed by atoms with Crippen LogP contribution in [0.5, 0.6) is 0 Å². The highest BCUT2D eigenvalue weighted by atomic mass is 16.1. The van der Waals surface area contributed by atoms with Crippen molar-refractivity contribution in [2.75, 3.05) is 20.1 Å². The Labute approximate surface area is 146 Å². The quantitative estimate of drug-likeness (QED) is 0.801. The number of piperidine rings is 1. The summed E-state index contributed by atoms with van der Waals surface area (Å²) in [7, 11) is 2.14. The normalized spacial score (nSPS) is 25.1. The van der Waals surface area contributed by atoms with Crippen LogP contribution in [0.3, 0.4) is 0 Å². The van der Waals surface area contributed by atoms with Gasteiger partial charge in [-0.25, -0.2) is 4.98 Å². The Hall–Kier alpha value is -2.66. The number of aromatic nitrogens is 2. The molecular formula is C20H20N4O. The van der Waals surface area contributed by atoms with Crippen molar-refractivity contribution in [3.8, 4) is 11.3 Å². The summed E-state index contributed by atoms with van der Waals surface area (Å²) < 4.78 is 1.99. The number of carbonyl (C=O) groups excluding carboxylic acids is 1. The van der Waals surface area contributed by atoms with E-state index in [4.69, 9.17) is 0 Å². The van der Waals surface area contributed by atoms with Crippen molar-refractivity contribution < 1.29 is 4.79 Å². The molecule has 25 heavy (non-hydrogen) atoms. The molecule has 2 fully saturated rings. The molecule has 1 N–H and O–H groups in total. The lowest BCUT2D eigenvalue weighted by molar-refractivity contribution is 0.0944. The second-order valence-corrected chi connectivity index (χ2v) is 7.22. The second kappa shape index (κ2) is 5.43. The molecule has 5 rings (SSSR count). The molecule has 2 aromatic heterocycles. The lowest BCUT2D eigenvalue weighted by Crippen LogP contribution is -2.33. The number of nitrogens with zero attached hydrogens (tertiary/aromatic N) is 3. The lowest BCUT2D eigenvalue weighted by atomic mass is 10.1. The molecule has 1 amide bonds. The molecule has 2 aliphatic rings. The van der Waals surface area contributed by atoms with Crippen LogP contribution in [0.4, 0.5) is 0 Å². The van der Waals surface area contributed by atoms with Crippen LogP contribution in [-0.4, -0.2) is 46.4 Å². The van der Waals surface area contributed by atoms with Crippen molar-refractivity contribution in [1.29, 1.82) is 0 Å². The highest BCUT2D eigenvalue weighted by Crippen LogP contribution is 2.44. The predicted molar refractivity (Wildman–Crippen MR) is 96.4 cm³/mol. The first kappa shape index (κ1) is 14.7. The molecule has 5 nitrogen and oxygen atoms in total. The van der Waals surface area contributed by atoms with Gasteiger partial charge < -0.3 is 14.6 Å². The first-order chi connectivity index (χ1) is 12.2. The second-order valence-electron chi connectivity index (χ2n) is 7.22. The number of amides is 1. The van der Waals surface area contributed by atoms with E-state index in [0.717, 1.165) is 30.0 Å². The van der Waals surface area contributed by atoms with Gasteiger partial charge in [0.25, 0.3) is 5.91 Å². The van der Waals surface area contributed by atoms with Crippen LogP contribution in [-0.2, 0) is 0 Å². The number of hydrogen-bond acceptors (Lipinski definition) is 3. The molecule has 5 heteroatoms. The maximum atomic E-state index is 12.6. The van der Waals surface area contributed by atoms with E-state index < -0.39 is 0 Å². The molecule has 1 saturated carbocycles. The van der Waals surface area contributed by atoms with Gasteiger partial charge in [-0.15, -0.1) is 0 Å². The van der Waals surface area contributed by atoms with Gasteiger partial charge >= 0.3 is 0 Å². The Morgan fingerprint density at radius 1 is 1.16 bits per heavy atom. The lowest BCUT2D eigenvalue weighted by Gasteiger charge is -2.14. The SMILES string of the molecule is CN1C[C@@H]2C(NC(=O)c3cccc(-c4cn5ccccc5n4)c3)[C@@H]2C1. The smallest absolute Gasteiger partial charge is 0.251 e. The van der Waals surface area contributed by atoms with Gasteiger partial charge in [-0.05, 0) is 43.1 Å². The molecule has 1 aliphatic heterocycles. The average Bonchev–Trinajstić information content (AvgIpc) is 3.01. The van der Waals surface area contributed by atoms with Crippen molar-refractivity contribution in [1.82, 2.24) is 19.6 Å². The highest BCUT2D eigenvalue weighted by Gasteiger charge is 2.55. The van der Waals surface area contributed by atoms with E-state index in [1.165, 1.54) is 0 Å². The van der Waals surface area contributed by atoms with Crippen LogP contribution in [0.15, 0.2) is 54.9 Å². The van der Waals surface area contributed by atoms with Gasteiger partial charge in [0.15, 0.2) is 0 Å². The average molecular weight is 332 g/mol. The third kappa shape index (κ3) is 2.51. The standard InChI is InChI=1S/C20H20N4O/c1-23-10-15-16(11-23)19(15)22-20(25)14-6-4-5-13(9-14)17-12-24-8-3-2-7-18(24)21-17/h2-9,12,15-16,19H,10-11H2,1H3,(H,22,25)/t15-,16+,19?. The molecule has 0 spiro atoms. The molecule has 1 unspecified atom stereocenters. The Morgan fingerprint density at radius 3 is 2.80 bits per heavy atom. The minimum atomic E-state index is 0.0210. The summed E-state index contributed by atoms with van der Waals surface area (Å²) in [6, 6.07) is 14.0. The van der Waals surface area contributed by atoms with Crippen LogP contribution in [0.2, 0.25) is 0 Å². The van der Waals surface area contributed by atoms with E-state index in [2.05, 4.69) is 22.2 Å². The van der Waals surface area contributed by atoms with E-state index in [-0.39, 0.29) is 5.91 Å². The molecular weight excluding hydrogens is 312 g/mol. The topological polar surface area (TPSA) is 49.6 Å². The van der Waals surface area contributed by atoms with Crippen LogP contribution in [0, 0.1) is 11.8 Å². The molecule has 3 atom stereocenters. The fourth-order valence-electron chi connectivity index (χ4n) is 4.08. The maximum absolute atomic E-state index is 12.6. The van der Waals surface area contributed by atoms with Crippen LogP contribution < -0.4 is 5.32 Å². The zero-order valence-electron chi connectivity index (χ0n) is 14.1. The van der Waals surface area contributed by atoms with Crippen LogP contribution in [0.1, 0.15) is 10.4 Å². The van der Waals surface area contributed by atoms with Crippen LogP contribution in [0.25, 0.3) is 16.9 Å². The molecule has 3 heterocycles. The number of pyridine rings is 1. The summed E-state index contributed by atoms with van der Waals surface area (Å²) in [6.45, 7) is 2.19. The number of carbonyl (C=O) groups is 1. The monoisotopic (exact) mass is 332 g/mol. The first-order valence-electron chi connectivity index (χ1n) is 8.72. The third-order valence-corrected chi connectivity index (χ3v) is 5.46. The molecule has 0 radical (unpaired) electrons. The summed E-state index contributed by atoms with van der Waals surface area (Å²) in [4.78, 5) is 19.6. The minimum Gasteiger partial charge on any atom is -0.349 e. The first-order valence-corrected chi connectivity index (χ1v) is 8.72. The Bertz CT molecular complexity index is 918. The van der Waals surface area contributed by atoms with Gasteiger partial charge in [-0.3, -0.25) is 4.79 Å². The molecule has 1 saturated heterocycles. The number of rotatable bonds is 3. The van der Waals surface area contributed by atoms with Gasteiger partial charge in [0.05, 0.1) is 5.69 Å². The number of benzene rings is 1. The van der Waals surface area contributed by atoms with Crippen molar-refractivity contribution in [3.05, 3.63) is 60.4 Å². The van der Waals surface area contributed by atoms with Gasteiger partial charge in [-0.2, -0.15) is 0 Å². The summed E-state index contributed by atoms with van der Waals surface area (Å²) >= 11 is 0. The largest absolute Gasteiger partial charge is 0.349 e. The zero-order valence-corrected chi connectivity index (χ0v) is 14.1. The fraction of sp³-hybridized carbons (Fsp3) is 0.300. The van der Waals surface area contributed by atoms with Gasteiger partial charge in [0, 0.05) is 42.7 Å². The minimum absolute atomic E-state index is 0.0210. The summed E-state index contributed by atoms with van der Waals surface area (Å²) in [5.74, 6) is 1.29. The molecule has 126 valence electrons. The fourth-order valence-corrected chi connectivity index (χ4v) is 4.08. The van der Waals surface area contributed by atoms with Crippen molar-refractivity contribution in [3.63, 3.8) is 0 Å². The van der Waals surface area contributed by atoms with Gasteiger partial charge in [-0.1, -0.05) is 18.2 Å². The van der Waals surface area contributed by atoms with E-state index in [1.54, 1.807) is 0 Å².